The first-order valence-electron chi connectivity index (χ1n) is 7.36. The Bertz CT molecular complexity index is 490. The Morgan fingerprint density at radius 3 is 2.80 bits per heavy atom. The molecule has 3 nitrogen and oxygen atoms in total. The van der Waals surface area contributed by atoms with Gasteiger partial charge in [0.05, 0.1) is 6.26 Å². The minimum Gasteiger partial charge on any atom is -0.465 e. The number of allylic oxidation sites excluding steroid dienone is 1. The van der Waals surface area contributed by atoms with Gasteiger partial charge in [0.25, 0.3) is 0 Å². The second-order valence-electron chi connectivity index (χ2n) is 5.39. The van der Waals surface area contributed by atoms with Crippen LogP contribution in [0, 0.1) is 0 Å². The average molecular weight is 273 g/mol. The lowest BCUT2D eigenvalue weighted by Crippen LogP contribution is -2.32. The van der Waals surface area contributed by atoms with Crippen molar-refractivity contribution in [1.82, 2.24) is 5.32 Å². The van der Waals surface area contributed by atoms with Gasteiger partial charge >= 0.3 is 0 Å². The van der Waals surface area contributed by atoms with Gasteiger partial charge in [0.1, 0.15) is 5.75 Å². The molecule has 1 saturated carbocycles. The van der Waals surface area contributed by atoms with Gasteiger partial charge < -0.3 is 10.1 Å². The summed E-state index contributed by atoms with van der Waals surface area (Å²) in [5, 5.41) is 3.06. The van der Waals surface area contributed by atoms with Crippen LogP contribution in [-0.2, 0) is 10.2 Å². The molecule has 3 heteroatoms. The minimum atomic E-state index is 0.0710. The number of nitrogens with one attached hydrogen (secondary N) is 1. The van der Waals surface area contributed by atoms with Crippen molar-refractivity contribution < 1.29 is 9.53 Å². The van der Waals surface area contributed by atoms with Gasteiger partial charge in [0, 0.05) is 23.9 Å². The lowest BCUT2D eigenvalue weighted by molar-refractivity contribution is -0.121. The predicted octanol–water partition coefficient (Wildman–Crippen LogP) is 3.55. The minimum absolute atomic E-state index is 0.0710. The van der Waals surface area contributed by atoms with E-state index in [0.29, 0.717) is 13.0 Å². The molecule has 0 saturated heterocycles. The zero-order valence-corrected chi connectivity index (χ0v) is 12.3. The third-order valence-electron chi connectivity index (χ3n) is 3.74. The Kier molecular flexibility index (Phi) is 4.83. The summed E-state index contributed by atoms with van der Waals surface area (Å²) in [6.07, 6.45) is 7.28. The van der Waals surface area contributed by atoms with E-state index in [4.69, 9.17) is 4.74 Å². The highest BCUT2D eigenvalue weighted by atomic mass is 16.5. The van der Waals surface area contributed by atoms with Crippen LogP contribution in [0.25, 0.3) is 0 Å². The molecule has 0 unspecified atom stereocenters. The molecule has 0 spiro atoms. The Balaban J connectivity index is 2.08. The molecular formula is C17H23NO2. The topological polar surface area (TPSA) is 38.3 Å². The first kappa shape index (κ1) is 14.6. The van der Waals surface area contributed by atoms with Crippen LogP contribution in [0.5, 0.6) is 5.75 Å². The molecule has 2 rings (SSSR count). The highest BCUT2D eigenvalue weighted by Crippen LogP contribution is 2.50. The second-order valence-corrected chi connectivity index (χ2v) is 5.39. The lowest BCUT2D eigenvalue weighted by Gasteiger charge is -2.19. The van der Waals surface area contributed by atoms with Crippen LogP contribution in [0.15, 0.2) is 36.6 Å². The Morgan fingerprint density at radius 2 is 2.15 bits per heavy atom. The van der Waals surface area contributed by atoms with Crippen molar-refractivity contribution in [3.8, 4) is 5.75 Å². The Morgan fingerprint density at radius 1 is 1.40 bits per heavy atom. The van der Waals surface area contributed by atoms with Crippen LogP contribution in [0.4, 0.5) is 0 Å². The van der Waals surface area contributed by atoms with Gasteiger partial charge in [-0.3, -0.25) is 4.79 Å². The summed E-state index contributed by atoms with van der Waals surface area (Å²) in [7, 11) is 0. The normalized spacial score (nSPS) is 16.1. The monoisotopic (exact) mass is 273 g/mol. The fraction of sp³-hybridized carbons (Fsp3) is 0.471. The fourth-order valence-electron chi connectivity index (χ4n) is 2.42. The standard InChI is InChI=1S/C17H23NO2/c1-3-7-16(19)18-13-17(10-11-17)14-8-5-6-9-15(14)20-12-4-2/h4-6,8-9,12H,3,7,10-11,13H2,1-2H3,(H,18,19)/b12-4+. The van der Waals surface area contributed by atoms with E-state index in [1.165, 1.54) is 5.56 Å². The predicted molar refractivity (Wildman–Crippen MR) is 80.7 cm³/mol. The molecule has 0 aliphatic heterocycles. The fourth-order valence-corrected chi connectivity index (χ4v) is 2.42. The number of carbonyl (C=O) groups excluding carboxylic acids is 1. The van der Waals surface area contributed by atoms with Gasteiger partial charge in [-0.25, -0.2) is 0 Å². The summed E-state index contributed by atoms with van der Waals surface area (Å²) < 4.78 is 5.67. The van der Waals surface area contributed by atoms with Crippen LogP contribution in [0.2, 0.25) is 0 Å². The van der Waals surface area contributed by atoms with E-state index in [2.05, 4.69) is 11.4 Å². The maximum absolute atomic E-state index is 11.7. The molecule has 1 aromatic carbocycles. The number of rotatable bonds is 7. The third kappa shape index (κ3) is 3.41. The van der Waals surface area contributed by atoms with Crippen molar-refractivity contribution in [1.29, 1.82) is 0 Å². The maximum Gasteiger partial charge on any atom is 0.220 e. The molecule has 1 amide bonds. The number of hydrogen-bond acceptors (Lipinski definition) is 2. The van der Waals surface area contributed by atoms with E-state index in [1.807, 2.05) is 38.1 Å². The molecule has 0 bridgehead atoms. The van der Waals surface area contributed by atoms with Crippen LogP contribution in [0.3, 0.4) is 0 Å². The van der Waals surface area contributed by atoms with Crippen LogP contribution in [-0.4, -0.2) is 12.5 Å². The van der Waals surface area contributed by atoms with Crippen molar-refractivity contribution >= 4 is 5.91 Å². The first-order valence-corrected chi connectivity index (χ1v) is 7.36. The summed E-state index contributed by atoms with van der Waals surface area (Å²) in [5.74, 6) is 1.04. The molecule has 1 aromatic rings. The van der Waals surface area contributed by atoms with Crippen molar-refractivity contribution in [2.45, 2.75) is 44.9 Å². The highest BCUT2D eigenvalue weighted by Gasteiger charge is 2.46. The van der Waals surface area contributed by atoms with Crippen molar-refractivity contribution in [2.24, 2.45) is 0 Å². The number of ether oxygens (including phenoxy) is 1. The van der Waals surface area contributed by atoms with Crippen molar-refractivity contribution in [2.75, 3.05) is 6.54 Å². The molecule has 1 fully saturated rings. The van der Waals surface area contributed by atoms with Crippen molar-refractivity contribution in [3.05, 3.63) is 42.2 Å². The summed E-state index contributed by atoms with van der Waals surface area (Å²) >= 11 is 0. The van der Waals surface area contributed by atoms with Gasteiger partial charge in [0.15, 0.2) is 0 Å². The van der Waals surface area contributed by atoms with Crippen LogP contribution >= 0.6 is 0 Å². The molecule has 0 aromatic heterocycles. The van der Waals surface area contributed by atoms with E-state index in [1.54, 1.807) is 6.26 Å². The van der Waals surface area contributed by atoms with E-state index in [0.717, 1.165) is 25.0 Å². The largest absolute Gasteiger partial charge is 0.465 e. The number of amides is 1. The van der Waals surface area contributed by atoms with E-state index in [9.17, 15) is 4.79 Å². The van der Waals surface area contributed by atoms with E-state index in [-0.39, 0.29) is 11.3 Å². The van der Waals surface area contributed by atoms with Crippen LogP contribution < -0.4 is 10.1 Å². The Labute approximate surface area is 121 Å². The summed E-state index contributed by atoms with van der Waals surface area (Å²) in [6, 6.07) is 8.11. The van der Waals surface area contributed by atoms with Gasteiger partial charge in [0.2, 0.25) is 5.91 Å². The molecular weight excluding hydrogens is 250 g/mol. The molecule has 108 valence electrons. The lowest BCUT2D eigenvalue weighted by atomic mass is 9.95. The Hall–Kier alpha value is -1.77. The highest BCUT2D eigenvalue weighted by molar-refractivity contribution is 5.76. The maximum atomic E-state index is 11.7. The number of carbonyl (C=O) groups is 1. The molecule has 1 aliphatic carbocycles. The molecule has 1 aliphatic rings. The second kappa shape index (κ2) is 6.60. The van der Waals surface area contributed by atoms with Gasteiger partial charge in [-0.05, 0) is 32.3 Å². The molecule has 1 N–H and O–H groups in total. The molecule has 20 heavy (non-hydrogen) atoms. The summed E-state index contributed by atoms with van der Waals surface area (Å²) in [5.41, 5.74) is 1.27. The molecule has 0 atom stereocenters. The first-order chi connectivity index (χ1) is 9.72. The summed E-state index contributed by atoms with van der Waals surface area (Å²) in [6.45, 7) is 4.66. The SMILES string of the molecule is C/C=C/Oc1ccccc1C1(CNC(=O)CCC)CC1. The van der Waals surface area contributed by atoms with E-state index < -0.39 is 0 Å². The smallest absolute Gasteiger partial charge is 0.220 e. The van der Waals surface area contributed by atoms with E-state index >= 15 is 0 Å². The summed E-state index contributed by atoms with van der Waals surface area (Å²) in [4.78, 5) is 11.7. The number of benzene rings is 1. The quantitative estimate of drug-likeness (QED) is 0.772. The van der Waals surface area contributed by atoms with Crippen molar-refractivity contribution in [3.63, 3.8) is 0 Å². The van der Waals surface area contributed by atoms with Crippen LogP contribution in [0.1, 0.15) is 45.1 Å². The van der Waals surface area contributed by atoms with Gasteiger partial charge in [-0.1, -0.05) is 31.2 Å². The molecule has 0 heterocycles. The average Bonchev–Trinajstić information content (AvgIpc) is 3.25. The number of hydrogen-bond donors (Lipinski definition) is 1. The zero-order valence-electron chi connectivity index (χ0n) is 12.3. The third-order valence-corrected chi connectivity index (χ3v) is 3.74. The molecule has 0 radical (unpaired) electrons. The number of para-hydroxylation sites is 1. The van der Waals surface area contributed by atoms with Gasteiger partial charge in [-0.2, -0.15) is 0 Å². The van der Waals surface area contributed by atoms with Gasteiger partial charge in [-0.15, -0.1) is 0 Å². The zero-order chi connectivity index (χ0) is 14.4.